The Labute approximate surface area is 179 Å². The van der Waals surface area contributed by atoms with Crippen LogP contribution in [0, 0.1) is 0 Å². The molecule has 0 radical (unpaired) electrons. The number of ether oxygens (including phenoxy) is 3. The maximum absolute atomic E-state index is 12.2. The molecule has 6 heteroatoms. The highest BCUT2D eigenvalue weighted by atomic mass is 16.5. The molecule has 0 spiro atoms. The van der Waals surface area contributed by atoms with E-state index in [1.165, 1.54) is 5.56 Å². The summed E-state index contributed by atoms with van der Waals surface area (Å²) in [5.41, 5.74) is 1.20. The Morgan fingerprint density at radius 3 is 2.33 bits per heavy atom. The summed E-state index contributed by atoms with van der Waals surface area (Å²) in [5.74, 6) is 1.63. The molecular formula is C24H32N2O4. The number of amides is 1. The van der Waals surface area contributed by atoms with Crippen molar-refractivity contribution in [3.8, 4) is 11.5 Å². The third-order valence-electron chi connectivity index (χ3n) is 5.06. The Bertz CT molecular complexity index is 744. The number of hydrogen-bond acceptors (Lipinski definition) is 5. The highest BCUT2D eigenvalue weighted by Crippen LogP contribution is 2.17. The molecule has 1 fully saturated rings. The first kappa shape index (κ1) is 22.1. The van der Waals surface area contributed by atoms with Crippen molar-refractivity contribution in [2.75, 3.05) is 39.4 Å². The normalized spacial score (nSPS) is 15.0. The minimum atomic E-state index is 0.0361. The van der Waals surface area contributed by atoms with E-state index < -0.39 is 0 Å². The van der Waals surface area contributed by atoms with E-state index >= 15 is 0 Å². The van der Waals surface area contributed by atoms with Crippen molar-refractivity contribution in [2.24, 2.45) is 0 Å². The Kier molecular flexibility index (Phi) is 9.00. The van der Waals surface area contributed by atoms with E-state index in [9.17, 15) is 4.79 Å². The lowest BCUT2D eigenvalue weighted by Crippen LogP contribution is -2.43. The molecule has 6 nitrogen and oxygen atoms in total. The van der Waals surface area contributed by atoms with Crippen LogP contribution in [-0.4, -0.2) is 56.3 Å². The molecule has 2 aromatic rings. The molecule has 1 aliphatic rings. The number of carbonyl (C=O) groups is 1. The third kappa shape index (κ3) is 7.69. The highest BCUT2D eigenvalue weighted by Gasteiger charge is 2.21. The fourth-order valence-corrected chi connectivity index (χ4v) is 3.44. The smallest absolute Gasteiger partial charge is 0.234 e. The predicted molar refractivity (Wildman–Crippen MR) is 117 cm³/mol. The maximum Gasteiger partial charge on any atom is 0.234 e. The van der Waals surface area contributed by atoms with Gasteiger partial charge in [-0.25, -0.2) is 0 Å². The molecule has 1 aliphatic heterocycles. The molecule has 0 unspecified atom stereocenters. The second kappa shape index (κ2) is 12.2. The van der Waals surface area contributed by atoms with Crippen LogP contribution in [0.15, 0.2) is 54.6 Å². The molecule has 0 atom stereocenters. The van der Waals surface area contributed by atoms with Crippen molar-refractivity contribution >= 4 is 5.91 Å². The fraction of sp³-hybridized carbons (Fsp3) is 0.458. The van der Waals surface area contributed by atoms with Crippen LogP contribution in [0.1, 0.15) is 25.3 Å². The minimum absolute atomic E-state index is 0.0361. The van der Waals surface area contributed by atoms with Gasteiger partial charge < -0.3 is 19.5 Å². The predicted octanol–water partition coefficient (Wildman–Crippen LogP) is 3.26. The largest absolute Gasteiger partial charge is 0.494 e. The first-order valence-corrected chi connectivity index (χ1v) is 10.7. The molecule has 0 aliphatic carbocycles. The zero-order chi connectivity index (χ0) is 21.0. The molecule has 2 aromatic carbocycles. The van der Waals surface area contributed by atoms with Gasteiger partial charge in [0.05, 0.1) is 32.4 Å². The lowest BCUT2D eigenvalue weighted by molar-refractivity contribution is -0.123. The Hall–Kier alpha value is -2.57. The molecule has 162 valence electrons. The van der Waals surface area contributed by atoms with E-state index in [-0.39, 0.29) is 12.0 Å². The number of piperidine rings is 1. The second-order valence-corrected chi connectivity index (χ2v) is 7.37. The quantitative estimate of drug-likeness (QED) is 0.574. The SMILES string of the molecule is CCOc1ccc(OCCNC(=O)CN2CCC(OCc3ccccc3)CC2)cc1. The summed E-state index contributed by atoms with van der Waals surface area (Å²) in [6.07, 6.45) is 2.19. The molecule has 0 saturated carbocycles. The Morgan fingerprint density at radius 1 is 1.00 bits per heavy atom. The van der Waals surface area contributed by atoms with Crippen molar-refractivity contribution in [1.82, 2.24) is 10.2 Å². The van der Waals surface area contributed by atoms with Crippen LogP contribution in [0.2, 0.25) is 0 Å². The van der Waals surface area contributed by atoms with Crippen LogP contribution < -0.4 is 14.8 Å². The summed E-state index contributed by atoms with van der Waals surface area (Å²) >= 11 is 0. The molecular weight excluding hydrogens is 380 g/mol. The van der Waals surface area contributed by atoms with Crippen molar-refractivity contribution in [3.05, 3.63) is 60.2 Å². The average molecular weight is 413 g/mol. The van der Waals surface area contributed by atoms with Gasteiger partial charge in [-0.15, -0.1) is 0 Å². The van der Waals surface area contributed by atoms with Crippen molar-refractivity contribution < 1.29 is 19.0 Å². The first-order chi connectivity index (χ1) is 14.7. The Morgan fingerprint density at radius 2 is 1.67 bits per heavy atom. The molecule has 1 amide bonds. The van der Waals surface area contributed by atoms with Gasteiger partial charge in [0.1, 0.15) is 18.1 Å². The van der Waals surface area contributed by atoms with E-state index in [0.717, 1.165) is 37.4 Å². The van der Waals surface area contributed by atoms with Crippen molar-refractivity contribution in [3.63, 3.8) is 0 Å². The minimum Gasteiger partial charge on any atom is -0.494 e. The van der Waals surface area contributed by atoms with Gasteiger partial charge in [0.25, 0.3) is 0 Å². The molecule has 0 bridgehead atoms. The number of nitrogens with one attached hydrogen (secondary N) is 1. The van der Waals surface area contributed by atoms with Gasteiger partial charge in [-0.05, 0) is 49.6 Å². The number of carbonyl (C=O) groups excluding carboxylic acids is 1. The number of hydrogen-bond donors (Lipinski definition) is 1. The van der Waals surface area contributed by atoms with Gasteiger partial charge in [0.2, 0.25) is 5.91 Å². The molecule has 1 saturated heterocycles. The summed E-state index contributed by atoms with van der Waals surface area (Å²) in [6.45, 7) is 6.37. The van der Waals surface area contributed by atoms with Crippen LogP contribution in [0.5, 0.6) is 11.5 Å². The molecule has 1 N–H and O–H groups in total. The summed E-state index contributed by atoms with van der Waals surface area (Å²) in [4.78, 5) is 14.4. The summed E-state index contributed by atoms with van der Waals surface area (Å²) in [7, 11) is 0. The van der Waals surface area contributed by atoms with Crippen LogP contribution in [0.3, 0.4) is 0 Å². The number of benzene rings is 2. The van der Waals surface area contributed by atoms with Gasteiger partial charge in [0, 0.05) is 13.1 Å². The van der Waals surface area contributed by atoms with E-state index in [2.05, 4.69) is 22.3 Å². The van der Waals surface area contributed by atoms with Gasteiger partial charge in [-0.3, -0.25) is 9.69 Å². The van der Waals surface area contributed by atoms with Crippen LogP contribution in [-0.2, 0) is 16.1 Å². The first-order valence-electron chi connectivity index (χ1n) is 10.7. The topological polar surface area (TPSA) is 60.0 Å². The van der Waals surface area contributed by atoms with E-state index in [1.807, 2.05) is 49.4 Å². The number of likely N-dealkylation sites (tertiary alicyclic amines) is 1. The molecule has 0 aromatic heterocycles. The summed E-state index contributed by atoms with van der Waals surface area (Å²) < 4.78 is 17.1. The van der Waals surface area contributed by atoms with E-state index in [1.54, 1.807) is 0 Å². The standard InChI is InChI=1S/C24H32N2O4/c1-2-28-21-8-10-22(11-9-21)29-17-14-25-24(27)18-26-15-12-23(13-16-26)30-19-20-6-4-3-5-7-20/h3-11,23H,2,12-19H2,1H3,(H,25,27). The van der Waals surface area contributed by atoms with E-state index in [4.69, 9.17) is 14.2 Å². The molecule has 1 heterocycles. The monoisotopic (exact) mass is 412 g/mol. The number of nitrogens with zero attached hydrogens (tertiary/aromatic N) is 1. The second-order valence-electron chi connectivity index (χ2n) is 7.37. The zero-order valence-electron chi connectivity index (χ0n) is 17.7. The average Bonchev–Trinajstić information content (AvgIpc) is 2.78. The fourth-order valence-electron chi connectivity index (χ4n) is 3.44. The third-order valence-corrected chi connectivity index (χ3v) is 5.06. The van der Waals surface area contributed by atoms with Crippen LogP contribution in [0.4, 0.5) is 0 Å². The van der Waals surface area contributed by atoms with E-state index in [0.29, 0.717) is 32.9 Å². The van der Waals surface area contributed by atoms with Gasteiger partial charge in [0.15, 0.2) is 0 Å². The van der Waals surface area contributed by atoms with Crippen LogP contribution >= 0.6 is 0 Å². The zero-order valence-corrected chi connectivity index (χ0v) is 17.7. The van der Waals surface area contributed by atoms with Gasteiger partial charge in [-0.2, -0.15) is 0 Å². The lowest BCUT2D eigenvalue weighted by atomic mass is 10.1. The summed E-state index contributed by atoms with van der Waals surface area (Å²) in [6, 6.07) is 17.7. The van der Waals surface area contributed by atoms with Gasteiger partial charge in [-0.1, -0.05) is 30.3 Å². The van der Waals surface area contributed by atoms with Gasteiger partial charge >= 0.3 is 0 Å². The molecule has 3 rings (SSSR count). The van der Waals surface area contributed by atoms with Crippen molar-refractivity contribution in [2.45, 2.75) is 32.5 Å². The molecule has 30 heavy (non-hydrogen) atoms. The lowest BCUT2D eigenvalue weighted by Gasteiger charge is -2.31. The number of rotatable bonds is 11. The maximum atomic E-state index is 12.2. The summed E-state index contributed by atoms with van der Waals surface area (Å²) in [5, 5.41) is 2.93. The Balaban J connectivity index is 1.25. The highest BCUT2D eigenvalue weighted by molar-refractivity contribution is 5.78. The van der Waals surface area contributed by atoms with Crippen LogP contribution in [0.25, 0.3) is 0 Å². The van der Waals surface area contributed by atoms with Crippen molar-refractivity contribution in [1.29, 1.82) is 0 Å².